The lowest BCUT2D eigenvalue weighted by atomic mass is 10.0. The van der Waals surface area contributed by atoms with Crippen molar-refractivity contribution in [1.82, 2.24) is 10.5 Å². The summed E-state index contributed by atoms with van der Waals surface area (Å²) in [6.07, 6.45) is 5.12. The molecule has 6 nitrogen and oxygen atoms in total. The Bertz CT molecular complexity index is 739. The summed E-state index contributed by atoms with van der Waals surface area (Å²) in [7, 11) is 0. The number of hydrogen-bond donors (Lipinski definition) is 2. The SMILES string of the molecule is O=C(O)CCC(NC(=O)c1noc2c1CCCCC2)c1ccccc1. The molecule has 0 fully saturated rings. The van der Waals surface area contributed by atoms with E-state index in [1.54, 1.807) is 0 Å². The highest BCUT2D eigenvalue weighted by molar-refractivity contribution is 5.94. The quantitative estimate of drug-likeness (QED) is 0.786. The molecule has 2 aromatic rings. The third-order valence-electron chi connectivity index (χ3n) is 4.57. The number of fused-ring (bicyclic) bond motifs is 1. The average Bonchev–Trinajstić information content (AvgIpc) is 2.88. The van der Waals surface area contributed by atoms with Crippen molar-refractivity contribution in [3.05, 3.63) is 52.9 Å². The van der Waals surface area contributed by atoms with Crippen molar-refractivity contribution in [1.29, 1.82) is 0 Å². The number of carboxylic acid groups (broad SMARTS) is 1. The van der Waals surface area contributed by atoms with Gasteiger partial charge in [-0.05, 0) is 31.2 Å². The monoisotopic (exact) mass is 342 g/mol. The Morgan fingerprint density at radius 1 is 1.16 bits per heavy atom. The number of aliphatic carboxylic acids is 1. The van der Waals surface area contributed by atoms with E-state index >= 15 is 0 Å². The zero-order valence-corrected chi connectivity index (χ0v) is 14.0. The molecule has 25 heavy (non-hydrogen) atoms. The molecule has 132 valence electrons. The molecule has 1 aliphatic rings. The van der Waals surface area contributed by atoms with Crippen LogP contribution in [0.25, 0.3) is 0 Å². The summed E-state index contributed by atoms with van der Waals surface area (Å²) < 4.78 is 5.37. The summed E-state index contributed by atoms with van der Waals surface area (Å²) in [6, 6.07) is 9.03. The maximum atomic E-state index is 12.7. The molecule has 1 unspecified atom stereocenters. The van der Waals surface area contributed by atoms with Crippen molar-refractivity contribution in [3.8, 4) is 0 Å². The summed E-state index contributed by atoms with van der Waals surface area (Å²) in [6.45, 7) is 0. The number of nitrogens with zero attached hydrogens (tertiary/aromatic N) is 1. The molecule has 0 aliphatic heterocycles. The van der Waals surface area contributed by atoms with E-state index in [0.717, 1.165) is 49.0 Å². The second kappa shape index (κ2) is 7.96. The van der Waals surface area contributed by atoms with Gasteiger partial charge in [0.2, 0.25) is 0 Å². The summed E-state index contributed by atoms with van der Waals surface area (Å²) in [5, 5.41) is 15.9. The number of nitrogens with one attached hydrogen (secondary N) is 1. The minimum atomic E-state index is -0.884. The molecule has 6 heteroatoms. The maximum absolute atomic E-state index is 12.7. The van der Waals surface area contributed by atoms with Gasteiger partial charge in [-0.3, -0.25) is 9.59 Å². The Morgan fingerprint density at radius 3 is 2.68 bits per heavy atom. The van der Waals surface area contributed by atoms with Crippen LogP contribution in [0, 0.1) is 0 Å². The van der Waals surface area contributed by atoms with E-state index in [2.05, 4.69) is 10.5 Å². The normalized spacial score (nSPS) is 15.0. The first-order chi connectivity index (χ1) is 12.1. The maximum Gasteiger partial charge on any atom is 0.303 e. The fourth-order valence-electron chi connectivity index (χ4n) is 3.24. The molecule has 2 N–H and O–H groups in total. The Morgan fingerprint density at radius 2 is 1.92 bits per heavy atom. The van der Waals surface area contributed by atoms with E-state index in [4.69, 9.17) is 9.63 Å². The van der Waals surface area contributed by atoms with E-state index in [-0.39, 0.29) is 18.4 Å². The van der Waals surface area contributed by atoms with E-state index < -0.39 is 5.97 Å². The second-order valence-corrected chi connectivity index (χ2v) is 6.36. The molecule has 1 atom stereocenters. The number of amides is 1. The topological polar surface area (TPSA) is 92.4 Å². The van der Waals surface area contributed by atoms with E-state index in [1.165, 1.54) is 0 Å². The van der Waals surface area contributed by atoms with Crippen LogP contribution in [0.5, 0.6) is 0 Å². The molecular formula is C19H22N2O4. The number of carboxylic acids is 1. The highest BCUT2D eigenvalue weighted by atomic mass is 16.5. The Kier molecular flexibility index (Phi) is 5.48. The van der Waals surface area contributed by atoms with Gasteiger partial charge < -0.3 is 14.9 Å². The van der Waals surface area contributed by atoms with Gasteiger partial charge >= 0.3 is 5.97 Å². The van der Waals surface area contributed by atoms with Crippen LogP contribution < -0.4 is 5.32 Å². The van der Waals surface area contributed by atoms with Gasteiger partial charge in [0.25, 0.3) is 5.91 Å². The van der Waals surface area contributed by atoms with Gasteiger partial charge in [0.1, 0.15) is 5.76 Å². The molecule has 1 aliphatic carbocycles. The van der Waals surface area contributed by atoms with Crippen LogP contribution >= 0.6 is 0 Å². The second-order valence-electron chi connectivity index (χ2n) is 6.36. The molecule has 1 aromatic carbocycles. The molecule has 0 bridgehead atoms. The predicted octanol–water partition coefficient (Wildman–Crippen LogP) is 3.28. The lowest BCUT2D eigenvalue weighted by molar-refractivity contribution is -0.137. The Balaban J connectivity index is 1.78. The van der Waals surface area contributed by atoms with Crippen LogP contribution in [0.1, 0.15) is 65.5 Å². The van der Waals surface area contributed by atoms with Crippen LogP contribution in [0.4, 0.5) is 0 Å². The molecule has 0 spiro atoms. The third kappa shape index (κ3) is 4.26. The van der Waals surface area contributed by atoms with Crippen LogP contribution in [0.2, 0.25) is 0 Å². The number of rotatable bonds is 6. The van der Waals surface area contributed by atoms with Crippen LogP contribution in [-0.2, 0) is 17.6 Å². The van der Waals surface area contributed by atoms with Gasteiger partial charge in [0.15, 0.2) is 5.69 Å². The Labute approximate surface area is 146 Å². The van der Waals surface area contributed by atoms with E-state index in [1.807, 2.05) is 30.3 Å². The van der Waals surface area contributed by atoms with Crippen molar-refractivity contribution in [3.63, 3.8) is 0 Å². The van der Waals surface area contributed by atoms with Gasteiger partial charge in [0.05, 0.1) is 6.04 Å². The van der Waals surface area contributed by atoms with Crippen molar-refractivity contribution in [2.75, 3.05) is 0 Å². The fourth-order valence-corrected chi connectivity index (χ4v) is 3.24. The first-order valence-electron chi connectivity index (χ1n) is 8.70. The first-order valence-corrected chi connectivity index (χ1v) is 8.70. The molecule has 0 radical (unpaired) electrons. The fraction of sp³-hybridized carbons (Fsp3) is 0.421. The largest absolute Gasteiger partial charge is 0.481 e. The smallest absolute Gasteiger partial charge is 0.303 e. The van der Waals surface area contributed by atoms with Gasteiger partial charge in [0, 0.05) is 18.4 Å². The van der Waals surface area contributed by atoms with Gasteiger partial charge in [-0.15, -0.1) is 0 Å². The number of carbonyl (C=O) groups excluding carboxylic acids is 1. The number of benzene rings is 1. The zero-order valence-electron chi connectivity index (χ0n) is 14.0. The van der Waals surface area contributed by atoms with Gasteiger partial charge in [-0.25, -0.2) is 0 Å². The van der Waals surface area contributed by atoms with Crippen molar-refractivity contribution in [2.45, 2.75) is 51.0 Å². The van der Waals surface area contributed by atoms with Gasteiger partial charge in [-0.2, -0.15) is 0 Å². The van der Waals surface area contributed by atoms with Crippen LogP contribution in [0.3, 0.4) is 0 Å². The number of aromatic nitrogens is 1. The zero-order chi connectivity index (χ0) is 17.6. The molecule has 1 heterocycles. The third-order valence-corrected chi connectivity index (χ3v) is 4.57. The summed E-state index contributed by atoms with van der Waals surface area (Å²) in [4.78, 5) is 23.7. The molecule has 0 saturated heterocycles. The molecular weight excluding hydrogens is 320 g/mol. The number of aryl methyl sites for hydroxylation is 1. The standard InChI is InChI=1S/C19H22N2O4/c22-17(23)12-11-15(13-7-3-1-4-8-13)20-19(24)18-14-9-5-2-6-10-16(14)25-21-18/h1,3-4,7-8,15H,2,5-6,9-12H2,(H,20,24)(H,22,23). The highest BCUT2D eigenvalue weighted by Crippen LogP contribution is 2.25. The molecule has 1 amide bonds. The Hall–Kier alpha value is -2.63. The van der Waals surface area contributed by atoms with E-state index in [0.29, 0.717) is 12.1 Å². The highest BCUT2D eigenvalue weighted by Gasteiger charge is 2.25. The van der Waals surface area contributed by atoms with Gasteiger partial charge in [-0.1, -0.05) is 41.9 Å². The van der Waals surface area contributed by atoms with E-state index in [9.17, 15) is 9.59 Å². The van der Waals surface area contributed by atoms with Crippen molar-refractivity contribution < 1.29 is 19.2 Å². The lowest BCUT2D eigenvalue weighted by Crippen LogP contribution is -2.30. The van der Waals surface area contributed by atoms with Crippen molar-refractivity contribution in [2.24, 2.45) is 0 Å². The minimum Gasteiger partial charge on any atom is -0.481 e. The molecule has 0 saturated carbocycles. The van der Waals surface area contributed by atoms with Crippen LogP contribution in [0.15, 0.2) is 34.9 Å². The lowest BCUT2D eigenvalue weighted by Gasteiger charge is -2.18. The van der Waals surface area contributed by atoms with Crippen LogP contribution in [-0.4, -0.2) is 22.1 Å². The minimum absolute atomic E-state index is 0.0171. The average molecular weight is 342 g/mol. The van der Waals surface area contributed by atoms with Crippen molar-refractivity contribution >= 4 is 11.9 Å². The summed E-state index contributed by atoms with van der Waals surface area (Å²) in [5.74, 6) is -0.374. The summed E-state index contributed by atoms with van der Waals surface area (Å²) >= 11 is 0. The number of hydrogen-bond acceptors (Lipinski definition) is 4. The first kappa shape index (κ1) is 17.2. The summed E-state index contributed by atoms with van der Waals surface area (Å²) in [5.41, 5.74) is 2.12. The molecule has 3 rings (SSSR count). The number of carbonyl (C=O) groups is 2. The predicted molar refractivity (Wildman–Crippen MR) is 91.3 cm³/mol. The molecule has 1 aromatic heterocycles.